The van der Waals surface area contributed by atoms with Crippen LogP contribution in [0.15, 0.2) is 12.2 Å². The Labute approximate surface area is 73.5 Å². The van der Waals surface area contributed by atoms with E-state index in [1.165, 1.54) is 19.3 Å². The third-order valence-corrected chi connectivity index (χ3v) is 2.59. The lowest BCUT2D eigenvalue weighted by atomic mass is 10.0. The van der Waals surface area contributed by atoms with Crippen LogP contribution in [-0.4, -0.2) is 19.0 Å². The molecule has 1 heterocycles. The molecular formula is C10H16O2. The summed E-state index contributed by atoms with van der Waals surface area (Å²) in [5.41, 5.74) is 0. The van der Waals surface area contributed by atoms with E-state index < -0.39 is 0 Å². The zero-order valence-electron chi connectivity index (χ0n) is 7.42. The van der Waals surface area contributed by atoms with Gasteiger partial charge in [0.25, 0.3) is 0 Å². The van der Waals surface area contributed by atoms with Crippen LogP contribution in [0, 0.1) is 0 Å². The van der Waals surface area contributed by atoms with Crippen LogP contribution in [0.2, 0.25) is 0 Å². The first-order valence-corrected chi connectivity index (χ1v) is 4.84. The molecule has 68 valence electrons. The zero-order valence-corrected chi connectivity index (χ0v) is 7.42. The highest BCUT2D eigenvalue weighted by Crippen LogP contribution is 2.31. The molecule has 0 saturated carbocycles. The molecule has 1 saturated heterocycles. The molecule has 0 aromatic carbocycles. The summed E-state index contributed by atoms with van der Waals surface area (Å²) in [6.45, 7) is 1.54. The van der Waals surface area contributed by atoms with Gasteiger partial charge >= 0.3 is 0 Å². The lowest BCUT2D eigenvalue weighted by Gasteiger charge is -2.27. The highest BCUT2D eigenvalue weighted by Gasteiger charge is 2.34. The Morgan fingerprint density at radius 1 is 1.00 bits per heavy atom. The minimum Gasteiger partial charge on any atom is -0.347 e. The van der Waals surface area contributed by atoms with Crippen molar-refractivity contribution in [2.75, 3.05) is 13.2 Å². The van der Waals surface area contributed by atoms with Crippen LogP contribution < -0.4 is 0 Å². The summed E-state index contributed by atoms with van der Waals surface area (Å²) in [4.78, 5) is 0. The van der Waals surface area contributed by atoms with Crippen molar-refractivity contribution in [3.63, 3.8) is 0 Å². The number of ether oxygens (including phenoxy) is 2. The van der Waals surface area contributed by atoms with E-state index in [-0.39, 0.29) is 5.79 Å². The molecule has 12 heavy (non-hydrogen) atoms. The molecule has 0 bridgehead atoms. The van der Waals surface area contributed by atoms with E-state index in [9.17, 15) is 0 Å². The number of hydrogen-bond donors (Lipinski definition) is 0. The van der Waals surface area contributed by atoms with Gasteiger partial charge in [0.15, 0.2) is 5.79 Å². The molecule has 0 amide bonds. The number of rotatable bonds is 0. The van der Waals surface area contributed by atoms with Gasteiger partial charge in [0, 0.05) is 12.8 Å². The Kier molecular flexibility index (Phi) is 2.47. The van der Waals surface area contributed by atoms with Crippen molar-refractivity contribution in [2.24, 2.45) is 0 Å². The van der Waals surface area contributed by atoms with Crippen LogP contribution in [0.3, 0.4) is 0 Å². The van der Waals surface area contributed by atoms with Crippen molar-refractivity contribution < 1.29 is 9.47 Å². The van der Waals surface area contributed by atoms with Crippen molar-refractivity contribution in [3.05, 3.63) is 12.2 Å². The molecule has 0 unspecified atom stereocenters. The second kappa shape index (κ2) is 3.58. The van der Waals surface area contributed by atoms with E-state index in [4.69, 9.17) is 9.47 Å². The Hall–Kier alpha value is -0.340. The quantitative estimate of drug-likeness (QED) is 0.516. The van der Waals surface area contributed by atoms with E-state index in [0.717, 1.165) is 26.1 Å². The standard InChI is InChI=1S/C10H16O2/c1-2-4-6-10(7-5-3-1)11-8-9-12-10/h2,4H,1,3,5-9H2/b4-2-. The summed E-state index contributed by atoms with van der Waals surface area (Å²) in [5, 5.41) is 0. The summed E-state index contributed by atoms with van der Waals surface area (Å²) in [6, 6.07) is 0. The van der Waals surface area contributed by atoms with Crippen molar-refractivity contribution in [2.45, 2.75) is 37.9 Å². The molecule has 1 fully saturated rings. The van der Waals surface area contributed by atoms with E-state index in [1.807, 2.05) is 0 Å². The van der Waals surface area contributed by atoms with Crippen LogP contribution in [0.25, 0.3) is 0 Å². The zero-order chi connectivity index (χ0) is 8.28. The summed E-state index contributed by atoms with van der Waals surface area (Å²) < 4.78 is 11.3. The average molecular weight is 168 g/mol. The van der Waals surface area contributed by atoms with Crippen molar-refractivity contribution in [1.82, 2.24) is 0 Å². The Morgan fingerprint density at radius 3 is 2.67 bits per heavy atom. The molecule has 2 nitrogen and oxygen atoms in total. The summed E-state index contributed by atoms with van der Waals surface area (Å²) in [5.74, 6) is -0.239. The molecule has 1 aliphatic carbocycles. The maximum absolute atomic E-state index is 5.64. The Balaban J connectivity index is 2.01. The summed E-state index contributed by atoms with van der Waals surface area (Å²) in [6.07, 6.45) is 10.2. The molecule has 2 rings (SSSR count). The molecule has 0 N–H and O–H groups in total. The first kappa shape index (κ1) is 8.27. The van der Waals surface area contributed by atoms with Gasteiger partial charge < -0.3 is 9.47 Å². The lowest BCUT2D eigenvalue weighted by molar-refractivity contribution is -0.160. The van der Waals surface area contributed by atoms with Crippen molar-refractivity contribution >= 4 is 0 Å². The SMILES string of the molecule is C1=C\CC2(CCCC/1)OCCO2. The third kappa shape index (κ3) is 1.70. The largest absolute Gasteiger partial charge is 0.347 e. The lowest BCUT2D eigenvalue weighted by Crippen LogP contribution is -2.29. The molecule has 1 aliphatic heterocycles. The van der Waals surface area contributed by atoms with Crippen molar-refractivity contribution in [1.29, 1.82) is 0 Å². The Bertz CT molecular complexity index is 169. The van der Waals surface area contributed by atoms with Crippen LogP contribution in [0.1, 0.15) is 32.1 Å². The maximum Gasteiger partial charge on any atom is 0.171 e. The van der Waals surface area contributed by atoms with Crippen LogP contribution in [0.4, 0.5) is 0 Å². The first-order valence-electron chi connectivity index (χ1n) is 4.84. The predicted molar refractivity (Wildman–Crippen MR) is 46.9 cm³/mol. The molecule has 0 atom stereocenters. The molecular weight excluding hydrogens is 152 g/mol. The summed E-state index contributed by atoms with van der Waals surface area (Å²) >= 11 is 0. The normalized spacial score (nSPS) is 31.3. The minimum atomic E-state index is -0.239. The van der Waals surface area contributed by atoms with Gasteiger partial charge in [-0.2, -0.15) is 0 Å². The number of hydrogen-bond acceptors (Lipinski definition) is 2. The molecule has 2 heteroatoms. The van der Waals surface area contributed by atoms with E-state index in [2.05, 4.69) is 12.2 Å². The van der Waals surface area contributed by atoms with Gasteiger partial charge in [0.2, 0.25) is 0 Å². The van der Waals surface area contributed by atoms with E-state index >= 15 is 0 Å². The molecule has 0 aromatic rings. The van der Waals surface area contributed by atoms with Gasteiger partial charge in [-0.25, -0.2) is 0 Å². The van der Waals surface area contributed by atoms with Gasteiger partial charge in [-0.1, -0.05) is 12.2 Å². The van der Waals surface area contributed by atoms with Gasteiger partial charge in [-0.3, -0.25) is 0 Å². The van der Waals surface area contributed by atoms with Crippen LogP contribution in [0.5, 0.6) is 0 Å². The number of allylic oxidation sites excluding steroid dienone is 1. The highest BCUT2D eigenvalue weighted by atomic mass is 16.7. The fraction of sp³-hybridized carbons (Fsp3) is 0.800. The predicted octanol–water partition coefficient (Wildman–Crippen LogP) is 2.25. The second-order valence-corrected chi connectivity index (χ2v) is 3.53. The highest BCUT2D eigenvalue weighted by molar-refractivity contribution is 4.91. The molecule has 0 aromatic heterocycles. The fourth-order valence-electron chi connectivity index (χ4n) is 1.90. The first-order chi connectivity index (χ1) is 5.91. The molecule has 1 spiro atoms. The average Bonchev–Trinajstić information content (AvgIpc) is 2.47. The van der Waals surface area contributed by atoms with E-state index in [0.29, 0.717) is 0 Å². The monoisotopic (exact) mass is 168 g/mol. The molecule has 2 aliphatic rings. The fourth-order valence-corrected chi connectivity index (χ4v) is 1.90. The van der Waals surface area contributed by atoms with Gasteiger partial charge in [-0.05, 0) is 19.3 Å². The van der Waals surface area contributed by atoms with Crippen molar-refractivity contribution in [3.8, 4) is 0 Å². The topological polar surface area (TPSA) is 18.5 Å². The maximum atomic E-state index is 5.64. The van der Waals surface area contributed by atoms with Gasteiger partial charge in [-0.15, -0.1) is 0 Å². The summed E-state index contributed by atoms with van der Waals surface area (Å²) in [7, 11) is 0. The Morgan fingerprint density at radius 2 is 1.83 bits per heavy atom. The van der Waals surface area contributed by atoms with Gasteiger partial charge in [0.1, 0.15) is 0 Å². The molecule has 0 radical (unpaired) electrons. The van der Waals surface area contributed by atoms with E-state index in [1.54, 1.807) is 0 Å². The third-order valence-electron chi connectivity index (χ3n) is 2.59. The van der Waals surface area contributed by atoms with Gasteiger partial charge in [0.05, 0.1) is 13.2 Å². The van der Waals surface area contributed by atoms with Crippen LogP contribution in [-0.2, 0) is 9.47 Å². The second-order valence-electron chi connectivity index (χ2n) is 3.53. The minimum absolute atomic E-state index is 0.239. The van der Waals surface area contributed by atoms with Crippen LogP contribution >= 0.6 is 0 Å². The smallest absolute Gasteiger partial charge is 0.171 e.